The van der Waals surface area contributed by atoms with E-state index in [4.69, 9.17) is 4.42 Å². The van der Waals surface area contributed by atoms with E-state index in [1.807, 2.05) is 33.9 Å². The normalized spacial score (nSPS) is 16.8. The van der Waals surface area contributed by atoms with E-state index in [0.717, 1.165) is 24.1 Å². The van der Waals surface area contributed by atoms with Crippen molar-refractivity contribution in [2.24, 2.45) is 0 Å². The number of likely N-dealkylation sites (tertiary alicyclic amines) is 1. The van der Waals surface area contributed by atoms with E-state index in [9.17, 15) is 4.79 Å². The summed E-state index contributed by atoms with van der Waals surface area (Å²) in [4.78, 5) is 14.9. The number of hydrogen-bond donors (Lipinski definition) is 0. The molecule has 1 aliphatic rings. The fraction of sp³-hybridized carbons (Fsp3) is 0.263. The first-order valence-electron chi connectivity index (χ1n) is 9.26. The van der Waals surface area contributed by atoms with E-state index < -0.39 is 0 Å². The zero-order valence-electron chi connectivity index (χ0n) is 15.4. The van der Waals surface area contributed by atoms with Crippen molar-refractivity contribution in [2.45, 2.75) is 18.8 Å². The van der Waals surface area contributed by atoms with Gasteiger partial charge in [-0.25, -0.2) is 4.68 Å². The van der Waals surface area contributed by atoms with Gasteiger partial charge >= 0.3 is 0 Å². The van der Waals surface area contributed by atoms with Crippen LogP contribution in [0.2, 0.25) is 0 Å². The molecule has 0 unspecified atom stereocenters. The highest BCUT2D eigenvalue weighted by atomic mass is 32.1. The van der Waals surface area contributed by atoms with Gasteiger partial charge in [-0.1, -0.05) is 6.07 Å². The molecule has 1 aromatic carbocycles. The molecule has 4 aromatic rings. The van der Waals surface area contributed by atoms with Crippen molar-refractivity contribution < 1.29 is 9.21 Å². The largest absolute Gasteiger partial charge is 0.420 e. The van der Waals surface area contributed by atoms with Crippen LogP contribution in [0.25, 0.3) is 17.1 Å². The molecule has 1 saturated heterocycles. The first-order valence-corrected chi connectivity index (χ1v) is 10.2. The van der Waals surface area contributed by atoms with Gasteiger partial charge in [0.15, 0.2) is 0 Å². The third kappa shape index (κ3) is 3.54. The fourth-order valence-electron chi connectivity index (χ4n) is 3.51. The molecule has 1 amide bonds. The average Bonchev–Trinajstić information content (AvgIpc) is 3.55. The summed E-state index contributed by atoms with van der Waals surface area (Å²) in [5.74, 6) is 1.13. The second-order valence-corrected chi connectivity index (χ2v) is 7.63. The maximum Gasteiger partial charge on any atom is 0.253 e. The molecule has 0 radical (unpaired) electrons. The molecule has 9 nitrogen and oxygen atoms in total. The molecule has 29 heavy (non-hydrogen) atoms. The fourth-order valence-corrected chi connectivity index (χ4v) is 4.14. The van der Waals surface area contributed by atoms with E-state index in [-0.39, 0.29) is 11.8 Å². The predicted molar refractivity (Wildman–Crippen MR) is 105 cm³/mol. The van der Waals surface area contributed by atoms with Gasteiger partial charge in [-0.15, -0.1) is 15.3 Å². The van der Waals surface area contributed by atoms with Crippen LogP contribution in [0.1, 0.15) is 35.0 Å². The third-order valence-corrected chi connectivity index (χ3v) is 5.66. The topological polar surface area (TPSA) is 103 Å². The van der Waals surface area contributed by atoms with Crippen molar-refractivity contribution in [3.63, 3.8) is 0 Å². The van der Waals surface area contributed by atoms with Crippen LogP contribution in [-0.2, 0) is 0 Å². The maximum atomic E-state index is 13.1. The van der Waals surface area contributed by atoms with Crippen molar-refractivity contribution in [1.29, 1.82) is 0 Å². The van der Waals surface area contributed by atoms with Crippen molar-refractivity contribution in [1.82, 2.24) is 35.3 Å². The zero-order chi connectivity index (χ0) is 19.6. The SMILES string of the molecule is O=C(c1cccc(-n2cnnn2)c1)N1CCC[C@@H](c2nnc(-c3ccsc3)o2)C1. The monoisotopic (exact) mass is 407 g/mol. The van der Waals surface area contributed by atoms with Crippen LogP contribution in [0.3, 0.4) is 0 Å². The van der Waals surface area contributed by atoms with Crippen molar-refractivity contribution in [2.75, 3.05) is 13.1 Å². The van der Waals surface area contributed by atoms with Gasteiger partial charge in [0.2, 0.25) is 11.8 Å². The Balaban J connectivity index is 1.33. The summed E-state index contributed by atoms with van der Waals surface area (Å²) in [7, 11) is 0. The minimum atomic E-state index is -0.0257. The summed E-state index contributed by atoms with van der Waals surface area (Å²) in [6, 6.07) is 9.24. The Kier molecular flexibility index (Phi) is 4.60. The van der Waals surface area contributed by atoms with Gasteiger partial charge in [-0.2, -0.15) is 11.3 Å². The number of hydrogen-bond acceptors (Lipinski definition) is 8. The quantitative estimate of drug-likeness (QED) is 0.512. The zero-order valence-corrected chi connectivity index (χ0v) is 16.2. The summed E-state index contributed by atoms with van der Waals surface area (Å²) >= 11 is 1.59. The minimum Gasteiger partial charge on any atom is -0.420 e. The smallest absolute Gasteiger partial charge is 0.253 e. The Morgan fingerprint density at radius 1 is 1.24 bits per heavy atom. The number of benzene rings is 1. The van der Waals surface area contributed by atoms with Gasteiger partial charge in [-0.3, -0.25) is 4.79 Å². The molecule has 10 heteroatoms. The lowest BCUT2D eigenvalue weighted by atomic mass is 9.97. The molecule has 4 heterocycles. The molecular formula is C19H17N7O2S. The number of carbonyl (C=O) groups excluding carboxylic acids is 1. The molecule has 1 aliphatic heterocycles. The van der Waals surface area contributed by atoms with E-state index in [2.05, 4.69) is 25.7 Å². The van der Waals surface area contributed by atoms with Crippen molar-refractivity contribution in [3.05, 3.63) is 58.9 Å². The van der Waals surface area contributed by atoms with Gasteiger partial charge in [0.1, 0.15) is 6.33 Å². The van der Waals surface area contributed by atoms with E-state index in [0.29, 0.717) is 30.4 Å². The molecule has 0 saturated carbocycles. The second-order valence-electron chi connectivity index (χ2n) is 6.85. The molecule has 0 aliphatic carbocycles. The van der Waals surface area contributed by atoms with Gasteiger partial charge in [0, 0.05) is 29.6 Å². The standard InChI is InChI=1S/C19H17N7O2S/c27-19(13-3-1-5-16(9-13)26-12-20-23-24-26)25-7-2-4-14(10-25)17-21-22-18(28-17)15-6-8-29-11-15/h1,3,5-6,8-9,11-12,14H,2,4,7,10H2/t14-/m1/s1. The Hall–Kier alpha value is -3.40. The summed E-state index contributed by atoms with van der Waals surface area (Å²) in [5, 5.41) is 23.5. The maximum absolute atomic E-state index is 13.1. The molecule has 0 spiro atoms. The Bertz CT molecular complexity index is 1110. The average molecular weight is 407 g/mol. The number of rotatable bonds is 4. The lowest BCUT2D eigenvalue weighted by Crippen LogP contribution is -2.39. The number of carbonyl (C=O) groups is 1. The highest BCUT2D eigenvalue weighted by Crippen LogP contribution is 2.29. The van der Waals surface area contributed by atoms with Crippen LogP contribution >= 0.6 is 11.3 Å². The second kappa shape index (κ2) is 7.55. The summed E-state index contributed by atoms with van der Waals surface area (Å²) in [6.45, 7) is 1.26. The number of nitrogens with zero attached hydrogens (tertiary/aromatic N) is 7. The molecule has 3 aromatic heterocycles. The molecule has 0 bridgehead atoms. The number of thiophene rings is 1. The number of aromatic nitrogens is 6. The summed E-state index contributed by atoms with van der Waals surface area (Å²) < 4.78 is 7.42. The van der Waals surface area contributed by atoms with Crippen LogP contribution in [0.4, 0.5) is 0 Å². The lowest BCUT2D eigenvalue weighted by Gasteiger charge is -2.31. The van der Waals surface area contributed by atoms with Crippen LogP contribution < -0.4 is 0 Å². The summed E-state index contributed by atoms with van der Waals surface area (Å²) in [5.41, 5.74) is 2.27. The highest BCUT2D eigenvalue weighted by molar-refractivity contribution is 7.08. The highest BCUT2D eigenvalue weighted by Gasteiger charge is 2.29. The third-order valence-electron chi connectivity index (χ3n) is 4.97. The Morgan fingerprint density at radius 2 is 2.21 bits per heavy atom. The van der Waals surface area contributed by atoms with Crippen LogP contribution in [-0.4, -0.2) is 54.3 Å². The first-order chi connectivity index (χ1) is 14.3. The Morgan fingerprint density at radius 3 is 3.03 bits per heavy atom. The lowest BCUT2D eigenvalue weighted by molar-refractivity contribution is 0.0698. The molecule has 146 valence electrons. The molecular weight excluding hydrogens is 390 g/mol. The van der Waals surface area contributed by atoms with E-state index in [1.165, 1.54) is 11.0 Å². The van der Waals surface area contributed by atoms with Crippen molar-refractivity contribution in [3.8, 4) is 17.1 Å². The molecule has 1 fully saturated rings. The van der Waals surface area contributed by atoms with E-state index in [1.54, 1.807) is 23.5 Å². The van der Waals surface area contributed by atoms with Crippen LogP contribution in [0.15, 0.2) is 51.8 Å². The number of tetrazole rings is 1. The Labute approximate surface area is 170 Å². The van der Waals surface area contributed by atoms with Crippen LogP contribution in [0, 0.1) is 0 Å². The first kappa shape index (κ1) is 17.7. The molecule has 5 rings (SSSR count). The van der Waals surface area contributed by atoms with Crippen LogP contribution in [0.5, 0.6) is 0 Å². The van der Waals surface area contributed by atoms with E-state index >= 15 is 0 Å². The predicted octanol–water partition coefficient (Wildman–Crippen LogP) is 2.79. The number of amides is 1. The molecule has 1 atom stereocenters. The van der Waals surface area contributed by atoms with Gasteiger partial charge in [-0.05, 0) is 52.9 Å². The minimum absolute atomic E-state index is 0.0257. The van der Waals surface area contributed by atoms with Gasteiger partial charge in [0.05, 0.1) is 11.6 Å². The van der Waals surface area contributed by atoms with Gasteiger partial charge < -0.3 is 9.32 Å². The van der Waals surface area contributed by atoms with Crippen molar-refractivity contribution >= 4 is 17.2 Å². The molecule has 0 N–H and O–H groups in total. The number of piperidine rings is 1. The summed E-state index contributed by atoms with van der Waals surface area (Å²) in [6.07, 6.45) is 3.31. The van der Waals surface area contributed by atoms with Gasteiger partial charge in [0.25, 0.3) is 5.91 Å².